The molecule has 0 unspecified atom stereocenters. The number of halogens is 1. The van der Waals surface area contributed by atoms with Crippen LogP contribution < -0.4 is 5.73 Å². The van der Waals surface area contributed by atoms with Crippen LogP contribution in [0, 0.1) is 0 Å². The molecule has 1 aromatic carbocycles. The van der Waals surface area contributed by atoms with Gasteiger partial charge < -0.3 is 23.9 Å². The third kappa shape index (κ3) is 8.28. The SMILES string of the molecule is C=CN(CCCO[Si](CCCN)(OC)OC)Cc1ccccc1.Cl. The molecule has 0 heterocycles. The van der Waals surface area contributed by atoms with Crippen LogP contribution >= 0.6 is 12.4 Å². The largest absolute Gasteiger partial charge is 0.500 e. The number of rotatable bonds is 13. The average molecular weight is 375 g/mol. The Morgan fingerprint density at radius 1 is 1.17 bits per heavy atom. The molecular formula is C17H31ClN2O3Si. The summed E-state index contributed by atoms with van der Waals surface area (Å²) in [5, 5.41) is 0. The summed E-state index contributed by atoms with van der Waals surface area (Å²) in [5.74, 6) is 0. The van der Waals surface area contributed by atoms with Gasteiger partial charge in [-0.25, -0.2) is 0 Å². The number of benzene rings is 1. The minimum Gasteiger partial charge on any atom is -0.377 e. The van der Waals surface area contributed by atoms with Crippen molar-refractivity contribution in [3.63, 3.8) is 0 Å². The summed E-state index contributed by atoms with van der Waals surface area (Å²) in [7, 11) is 0.756. The summed E-state index contributed by atoms with van der Waals surface area (Å²) >= 11 is 0. The minimum atomic E-state index is -2.55. The summed E-state index contributed by atoms with van der Waals surface area (Å²) in [5.41, 5.74) is 6.84. The van der Waals surface area contributed by atoms with E-state index in [4.69, 9.17) is 19.0 Å². The summed E-state index contributed by atoms with van der Waals surface area (Å²) < 4.78 is 17.0. The fourth-order valence-electron chi connectivity index (χ4n) is 2.34. The quantitative estimate of drug-likeness (QED) is 0.425. The van der Waals surface area contributed by atoms with E-state index in [1.165, 1.54) is 5.56 Å². The smallest absolute Gasteiger partial charge is 0.377 e. The molecule has 5 nitrogen and oxygen atoms in total. The van der Waals surface area contributed by atoms with E-state index in [9.17, 15) is 0 Å². The van der Waals surface area contributed by atoms with Gasteiger partial charge in [0, 0.05) is 40.0 Å². The van der Waals surface area contributed by atoms with Crippen LogP contribution in [0.1, 0.15) is 18.4 Å². The monoisotopic (exact) mass is 374 g/mol. The maximum Gasteiger partial charge on any atom is 0.500 e. The first-order chi connectivity index (χ1) is 11.2. The zero-order valence-corrected chi connectivity index (χ0v) is 16.6. The standard InChI is InChI=1S/C17H30N2O3Si.ClH/c1-4-19(16-17-10-6-5-7-11-17)13-9-14-22-23(20-2,21-3)15-8-12-18;/h4-7,10-11H,1,8-9,12-16,18H2,2-3H3;1H. The van der Waals surface area contributed by atoms with Crippen LogP contribution in [0.2, 0.25) is 6.04 Å². The second-order valence-corrected chi connectivity index (χ2v) is 8.30. The molecule has 1 aromatic rings. The normalized spacial score (nSPS) is 11.0. The molecule has 0 aliphatic heterocycles. The van der Waals surface area contributed by atoms with E-state index in [0.717, 1.165) is 32.0 Å². The molecule has 0 saturated heterocycles. The van der Waals surface area contributed by atoms with Gasteiger partial charge in [-0.2, -0.15) is 0 Å². The maximum atomic E-state index is 5.95. The topological polar surface area (TPSA) is 57.0 Å². The number of hydrogen-bond acceptors (Lipinski definition) is 5. The lowest BCUT2D eigenvalue weighted by Gasteiger charge is -2.27. The van der Waals surface area contributed by atoms with Crippen LogP contribution in [0.5, 0.6) is 0 Å². The van der Waals surface area contributed by atoms with Gasteiger partial charge >= 0.3 is 8.80 Å². The summed E-state index contributed by atoms with van der Waals surface area (Å²) in [6, 6.07) is 11.1. The zero-order chi connectivity index (χ0) is 17.0. The molecule has 0 radical (unpaired) electrons. The Kier molecular flexibility index (Phi) is 12.9. The number of nitrogens with two attached hydrogens (primary N) is 1. The highest BCUT2D eigenvalue weighted by atomic mass is 35.5. The van der Waals surface area contributed by atoms with Gasteiger partial charge in [-0.15, -0.1) is 12.4 Å². The first-order valence-corrected chi connectivity index (χ1v) is 9.97. The molecule has 0 saturated carbocycles. The third-order valence-electron chi connectivity index (χ3n) is 3.71. The predicted molar refractivity (Wildman–Crippen MR) is 103 cm³/mol. The fraction of sp³-hybridized carbons (Fsp3) is 0.529. The van der Waals surface area contributed by atoms with Gasteiger partial charge in [0.15, 0.2) is 0 Å². The van der Waals surface area contributed by atoms with E-state index in [1.54, 1.807) is 14.2 Å². The zero-order valence-electron chi connectivity index (χ0n) is 14.8. The molecule has 0 spiro atoms. The summed E-state index contributed by atoms with van der Waals surface area (Å²) in [6.07, 6.45) is 3.61. The van der Waals surface area contributed by atoms with Crippen LogP contribution in [-0.4, -0.2) is 47.6 Å². The molecule has 0 aromatic heterocycles. The Morgan fingerprint density at radius 3 is 2.38 bits per heavy atom. The molecule has 0 amide bonds. The van der Waals surface area contributed by atoms with Crippen molar-refractivity contribution in [1.29, 1.82) is 0 Å². The van der Waals surface area contributed by atoms with E-state index in [-0.39, 0.29) is 12.4 Å². The van der Waals surface area contributed by atoms with Gasteiger partial charge in [-0.05, 0) is 31.1 Å². The third-order valence-corrected chi connectivity index (χ3v) is 6.56. The van der Waals surface area contributed by atoms with E-state index < -0.39 is 8.80 Å². The summed E-state index contributed by atoms with van der Waals surface area (Å²) in [6.45, 7) is 6.85. The predicted octanol–water partition coefficient (Wildman–Crippen LogP) is 3.04. The highest BCUT2D eigenvalue weighted by Gasteiger charge is 2.37. The van der Waals surface area contributed by atoms with E-state index in [1.807, 2.05) is 24.4 Å². The van der Waals surface area contributed by atoms with Gasteiger partial charge in [0.25, 0.3) is 0 Å². The highest BCUT2D eigenvalue weighted by molar-refractivity contribution is 6.60. The van der Waals surface area contributed by atoms with Gasteiger partial charge in [0.2, 0.25) is 0 Å². The molecular weight excluding hydrogens is 344 g/mol. The Labute approximate surface area is 153 Å². The Morgan fingerprint density at radius 2 is 1.83 bits per heavy atom. The number of hydrogen-bond donors (Lipinski definition) is 1. The van der Waals surface area contributed by atoms with Crippen LogP contribution in [0.25, 0.3) is 0 Å². The molecule has 0 bridgehead atoms. The lowest BCUT2D eigenvalue weighted by molar-refractivity contribution is 0.0941. The van der Waals surface area contributed by atoms with Crippen LogP contribution in [-0.2, 0) is 19.8 Å². The minimum absolute atomic E-state index is 0. The average Bonchev–Trinajstić information content (AvgIpc) is 2.61. The van der Waals surface area contributed by atoms with Crippen molar-refractivity contribution in [3.8, 4) is 0 Å². The fourth-order valence-corrected chi connectivity index (χ4v) is 4.39. The lowest BCUT2D eigenvalue weighted by Crippen LogP contribution is -2.44. The van der Waals surface area contributed by atoms with E-state index in [2.05, 4.69) is 23.6 Å². The van der Waals surface area contributed by atoms with Crippen LogP contribution in [0.15, 0.2) is 43.1 Å². The molecule has 0 atom stereocenters. The Balaban J connectivity index is 0.00000529. The molecule has 0 aliphatic carbocycles. The van der Waals surface area contributed by atoms with Crippen LogP contribution in [0.3, 0.4) is 0 Å². The molecule has 2 N–H and O–H groups in total. The first-order valence-electron chi connectivity index (χ1n) is 8.04. The van der Waals surface area contributed by atoms with Gasteiger partial charge in [0.1, 0.15) is 0 Å². The second kappa shape index (κ2) is 13.4. The van der Waals surface area contributed by atoms with Crippen molar-refractivity contribution in [2.45, 2.75) is 25.4 Å². The van der Waals surface area contributed by atoms with Gasteiger partial charge in [0.05, 0.1) is 0 Å². The molecule has 24 heavy (non-hydrogen) atoms. The van der Waals surface area contributed by atoms with E-state index in [0.29, 0.717) is 13.2 Å². The van der Waals surface area contributed by atoms with Crippen molar-refractivity contribution >= 4 is 21.2 Å². The number of nitrogens with zero attached hydrogens (tertiary/aromatic N) is 1. The van der Waals surface area contributed by atoms with Crippen molar-refractivity contribution in [2.24, 2.45) is 5.73 Å². The molecule has 138 valence electrons. The van der Waals surface area contributed by atoms with Gasteiger partial charge in [-0.1, -0.05) is 36.9 Å². The maximum absolute atomic E-state index is 5.95. The molecule has 0 aliphatic rings. The Bertz CT molecular complexity index is 433. The van der Waals surface area contributed by atoms with E-state index >= 15 is 0 Å². The summed E-state index contributed by atoms with van der Waals surface area (Å²) in [4.78, 5) is 2.18. The highest BCUT2D eigenvalue weighted by Crippen LogP contribution is 2.16. The molecule has 7 heteroatoms. The van der Waals surface area contributed by atoms with Crippen molar-refractivity contribution in [3.05, 3.63) is 48.7 Å². The first kappa shape index (κ1) is 23.1. The van der Waals surface area contributed by atoms with Crippen molar-refractivity contribution in [1.82, 2.24) is 4.90 Å². The molecule has 1 rings (SSSR count). The lowest BCUT2D eigenvalue weighted by atomic mass is 10.2. The second-order valence-electron chi connectivity index (χ2n) is 5.32. The van der Waals surface area contributed by atoms with Crippen LogP contribution in [0.4, 0.5) is 0 Å². The molecule has 0 fully saturated rings. The van der Waals surface area contributed by atoms with Crippen molar-refractivity contribution < 1.29 is 13.3 Å². The van der Waals surface area contributed by atoms with Crippen molar-refractivity contribution in [2.75, 3.05) is 33.9 Å². The van der Waals surface area contributed by atoms with Gasteiger partial charge in [-0.3, -0.25) is 0 Å². The Hall–Kier alpha value is -0.893.